The zero-order valence-electron chi connectivity index (χ0n) is 20.5. The number of amides is 1. The van der Waals surface area contributed by atoms with Crippen molar-refractivity contribution >= 4 is 29.2 Å². The van der Waals surface area contributed by atoms with Crippen molar-refractivity contribution in [1.82, 2.24) is 9.55 Å². The fourth-order valence-electron chi connectivity index (χ4n) is 3.04. The minimum Gasteiger partial charge on any atom is -0.458 e. The Balaban J connectivity index is 3.05. The average Bonchev–Trinajstić information content (AvgIpc) is 2.73. The maximum absolute atomic E-state index is 13.0. The molecular formula is C23H38N4O6. The van der Waals surface area contributed by atoms with Gasteiger partial charge in [0.1, 0.15) is 5.82 Å². The van der Waals surface area contributed by atoms with Crippen LogP contribution in [0.4, 0.5) is 11.5 Å². The van der Waals surface area contributed by atoms with Gasteiger partial charge in [0.05, 0.1) is 6.42 Å². The highest BCUT2D eigenvalue weighted by Crippen LogP contribution is 2.20. The first-order valence-electron chi connectivity index (χ1n) is 11.6. The summed E-state index contributed by atoms with van der Waals surface area (Å²) >= 11 is 0. The minimum atomic E-state index is -0.742. The Hall–Kier alpha value is -2.91. The summed E-state index contributed by atoms with van der Waals surface area (Å²) in [6.45, 7) is 9.33. The molecule has 186 valence electrons. The van der Waals surface area contributed by atoms with Gasteiger partial charge in [-0.05, 0) is 12.8 Å². The van der Waals surface area contributed by atoms with Crippen LogP contribution in [0.5, 0.6) is 0 Å². The molecule has 0 aromatic carbocycles. The van der Waals surface area contributed by atoms with E-state index >= 15 is 0 Å². The third-order valence-corrected chi connectivity index (χ3v) is 5.25. The number of nitrogen functional groups attached to an aromatic ring is 1. The number of anilines is 2. The molecule has 0 radical (unpaired) electrons. The number of nitrogens with zero attached hydrogens (tertiary/aromatic N) is 2. The van der Waals surface area contributed by atoms with Crippen LogP contribution in [0.2, 0.25) is 0 Å². The molecular weight excluding hydrogens is 428 g/mol. The van der Waals surface area contributed by atoms with E-state index in [0.29, 0.717) is 19.4 Å². The van der Waals surface area contributed by atoms with Crippen LogP contribution in [0.3, 0.4) is 0 Å². The van der Waals surface area contributed by atoms with Gasteiger partial charge in [-0.25, -0.2) is 4.79 Å². The highest BCUT2D eigenvalue weighted by Gasteiger charge is 2.26. The molecule has 1 amide bonds. The van der Waals surface area contributed by atoms with E-state index in [1.54, 1.807) is 20.8 Å². The van der Waals surface area contributed by atoms with E-state index in [0.717, 1.165) is 19.3 Å². The van der Waals surface area contributed by atoms with Crippen molar-refractivity contribution in [2.75, 3.05) is 23.8 Å². The molecule has 1 aromatic heterocycles. The number of nitrogens with one attached hydrogen (secondary N) is 1. The van der Waals surface area contributed by atoms with Gasteiger partial charge in [0.25, 0.3) is 5.56 Å². The molecule has 0 aliphatic rings. The molecule has 0 aliphatic heterocycles. The first-order chi connectivity index (χ1) is 15.4. The third-order valence-electron chi connectivity index (χ3n) is 5.25. The summed E-state index contributed by atoms with van der Waals surface area (Å²) in [7, 11) is 0. The fraction of sp³-hybridized carbons (Fsp3) is 0.696. The van der Waals surface area contributed by atoms with E-state index in [1.807, 2.05) is 13.8 Å². The number of hydrogen-bond donors (Lipinski definition) is 2. The maximum Gasteiger partial charge on any atom is 0.330 e. The van der Waals surface area contributed by atoms with Crippen molar-refractivity contribution in [2.45, 2.75) is 86.1 Å². The van der Waals surface area contributed by atoms with E-state index in [-0.39, 0.29) is 43.3 Å². The SMILES string of the molecule is CCCCCN(C(=O)CCC(=O)OCC(=O)C(C)(C)C)c1c(N)n(CCCC)c(=O)[nH]c1=O. The third kappa shape index (κ3) is 8.51. The van der Waals surface area contributed by atoms with Gasteiger partial charge in [0, 0.05) is 24.9 Å². The molecule has 10 nitrogen and oxygen atoms in total. The van der Waals surface area contributed by atoms with E-state index in [2.05, 4.69) is 4.98 Å². The lowest BCUT2D eigenvalue weighted by Crippen LogP contribution is -2.41. The smallest absolute Gasteiger partial charge is 0.330 e. The second-order valence-corrected chi connectivity index (χ2v) is 9.08. The number of ether oxygens (including phenoxy) is 1. The number of aromatic nitrogens is 2. The van der Waals surface area contributed by atoms with Gasteiger partial charge in [-0.15, -0.1) is 0 Å². The van der Waals surface area contributed by atoms with Crippen LogP contribution in [0.1, 0.15) is 79.6 Å². The van der Waals surface area contributed by atoms with Crippen LogP contribution < -0.4 is 21.9 Å². The van der Waals surface area contributed by atoms with Gasteiger partial charge in [-0.1, -0.05) is 53.9 Å². The number of hydrogen-bond acceptors (Lipinski definition) is 7. The molecule has 1 heterocycles. The number of carbonyl (C=O) groups excluding carboxylic acids is 3. The van der Waals surface area contributed by atoms with Gasteiger partial charge in [-0.2, -0.15) is 0 Å². The van der Waals surface area contributed by atoms with Gasteiger partial charge >= 0.3 is 11.7 Å². The molecule has 0 unspecified atom stereocenters. The lowest BCUT2D eigenvalue weighted by Gasteiger charge is -2.24. The number of rotatable bonds is 13. The summed E-state index contributed by atoms with van der Waals surface area (Å²) in [6, 6.07) is 0. The summed E-state index contributed by atoms with van der Waals surface area (Å²) in [5.74, 6) is -1.45. The number of Topliss-reactive ketones (excluding diaryl/α,β-unsaturated/α-hetero) is 1. The van der Waals surface area contributed by atoms with Crippen molar-refractivity contribution in [2.24, 2.45) is 5.41 Å². The quantitative estimate of drug-likeness (QED) is 0.335. The molecule has 3 N–H and O–H groups in total. The molecule has 0 spiro atoms. The Labute approximate surface area is 194 Å². The van der Waals surface area contributed by atoms with Gasteiger partial charge in [0.2, 0.25) is 5.91 Å². The standard InChI is InChI=1S/C23H38N4O6/c1-6-8-10-14-26(17(29)11-12-18(30)33-15-16(28)23(3,4)5)19-20(24)27(13-9-7-2)22(32)25-21(19)31/h6-15,24H2,1-5H3,(H,25,31,32). The van der Waals surface area contributed by atoms with Crippen molar-refractivity contribution in [1.29, 1.82) is 0 Å². The molecule has 0 fully saturated rings. The monoisotopic (exact) mass is 466 g/mol. The second kappa shape index (κ2) is 13.0. The highest BCUT2D eigenvalue weighted by atomic mass is 16.5. The van der Waals surface area contributed by atoms with E-state index in [4.69, 9.17) is 10.5 Å². The number of nitrogens with two attached hydrogens (primary N) is 1. The van der Waals surface area contributed by atoms with Crippen LogP contribution in [0.25, 0.3) is 0 Å². The summed E-state index contributed by atoms with van der Waals surface area (Å²) in [5, 5.41) is 0. The van der Waals surface area contributed by atoms with Crippen molar-refractivity contribution < 1.29 is 19.1 Å². The van der Waals surface area contributed by atoms with Gasteiger partial charge in [-0.3, -0.25) is 28.7 Å². The van der Waals surface area contributed by atoms with E-state index in [1.165, 1.54) is 9.47 Å². The number of H-pyrrole nitrogens is 1. The molecule has 10 heteroatoms. The van der Waals surface area contributed by atoms with Gasteiger partial charge < -0.3 is 15.4 Å². The number of aromatic amines is 1. The van der Waals surface area contributed by atoms with Crippen LogP contribution in [0.15, 0.2) is 9.59 Å². The van der Waals surface area contributed by atoms with Gasteiger partial charge in [0.15, 0.2) is 18.1 Å². The second-order valence-electron chi connectivity index (χ2n) is 9.08. The number of carbonyl (C=O) groups is 3. The first-order valence-corrected chi connectivity index (χ1v) is 11.6. The summed E-state index contributed by atoms with van der Waals surface area (Å²) in [6.07, 6.45) is 3.39. The fourth-order valence-corrected chi connectivity index (χ4v) is 3.04. The van der Waals surface area contributed by atoms with E-state index in [9.17, 15) is 24.0 Å². The molecule has 0 saturated carbocycles. The largest absolute Gasteiger partial charge is 0.458 e. The zero-order valence-corrected chi connectivity index (χ0v) is 20.5. The molecule has 1 rings (SSSR count). The average molecular weight is 467 g/mol. The summed E-state index contributed by atoms with van der Waals surface area (Å²) < 4.78 is 6.25. The molecule has 0 aliphatic carbocycles. The Kier molecular flexibility index (Phi) is 11.0. The van der Waals surface area contributed by atoms with Crippen LogP contribution in [-0.2, 0) is 25.7 Å². The van der Waals surface area contributed by atoms with Crippen molar-refractivity contribution in [3.63, 3.8) is 0 Å². The molecule has 0 atom stereocenters. The molecule has 0 saturated heterocycles. The summed E-state index contributed by atoms with van der Waals surface area (Å²) in [4.78, 5) is 65.3. The lowest BCUT2D eigenvalue weighted by molar-refractivity contribution is -0.150. The molecule has 1 aromatic rings. The van der Waals surface area contributed by atoms with E-state index < -0.39 is 28.5 Å². The topological polar surface area (TPSA) is 145 Å². The summed E-state index contributed by atoms with van der Waals surface area (Å²) in [5.41, 5.74) is 4.09. The number of ketones is 1. The van der Waals surface area contributed by atoms with Crippen molar-refractivity contribution in [3.05, 3.63) is 20.8 Å². The molecule has 33 heavy (non-hydrogen) atoms. The molecule has 0 bridgehead atoms. The Bertz CT molecular complexity index is 942. The first kappa shape index (κ1) is 28.1. The van der Waals surface area contributed by atoms with Crippen LogP contribution >= 0.6 is 0 Å². The predicted molar refractivity (Wildman–Crippen MR) is 127 cm³/mol. The lowest BCUT2D eigenvalue weighted by atomic mass is 9.91. The number of esters is 1. The van der Waals surface area contributed by atoms with Crippen LogP contribution in [0, 0.1) is 5.41 Å². The number of unbranched alkanes of at least 4 members (excludes halogenated alkanes) is 3. The van der Waals surface area contributed by atoms with Crippen LogP contribution in [-0.4, -0.2) is 40.4 Å². The zero-order chi connectivity index (χ0) is 25.2. The Morgan fingerprint density at radius 2 is 1.67 bits per heavy atom. The minimum absolute atomic E-state index is 0.0691. The Morgan fingerprint density at radius 1 is 1.03 bits per heavy atom. The maximum atomic E-state index is 13.0. The highest BCUT2D eigenvalue weighted by molar-refractivity contribution is 5.97. The predicted octanol–water partition coefficient (Wildman–Crippen LogP) is 2.38. The van der Waals surface area contributed by atoms with Crippen molar-refractivity contribution in [3.8, 4) is 0 Å². The Morgan fingerprint density at radius 3 is 2.24 bits per heavy atom. The normalized spacial score (nSPS) is 11.3.